The van der Waals surface area contributed by atoms with Gasteiger partial charge in [-0.05, 0) is 218 Å². The third kappa shape index (κ3) is 25.8. The van der Waals surface area contributed by atoms with Gasteiger partial charge in [0.15, 0.2) is 5.78 Å². The van der Waals surface area contributed by atoms with Crippen LogP contribution in [-0.2, 0) is 38.1 Å². The number of amides is 2. The summed E-state index contributed by atoms with van der Waals surface area (Å²) < 4.78 is 48.9. The molecule has 21 nitrogen and oxygen atoms in total. The van der Waals surface area contributed by atoms with Crippen LogP contribution in [0.25, 0.3) is 56.6 Å². The van der Waals surface area contributed by atoms with E-state index in [1.54, 1.807) is 28.4 Å². The number of ether oxygens (including phenoxy) is 9. The second-order valence-electron chi connectivity index (χ2n) is 33.7. The van der Waals surface area contributed by atoms with Crippen molar-refractivity contribution in [3.8, 4) is 28.7 Å². The molecule has 10 aromatic rings. The molecule has 21 heteroatoms. The number of hydrogen-bond acceptors (Lipinski definition) is 19. The highest BCUT2D eigenvalue weighted by atomic mass is 16.5. The van der Waals surface area contributed by atoms with Gasteiger partial charge in [0, 0.05) is 111 Å². The molecule has 0 aromatic heterocycles. The van der Waals surface area contributed by atoms with Crippen LogP contribution in [0.4, 0.5) is 0 Å². The van der Waals surface area contributed by atoms with Crippen molar-refractivity contribution in [3.63, 3.8) is 0 Å². The Bertz CT molecular complexity index is 5470. The fraction of sp³-hybridized carbons (Fsp3) is 0.377. The molecule has 3 N–H and O–H groups in total. The third-order valence-electron chi connectivity index (χ3n) is 25.0. The first kappa shape index (κ1) is 91.9. The number of ketones is 1. The smallest absolute Gasteiger partial charge is 0.334 e. The SMILES string of the molecule is COCCN1CC/C(=C/c2ccccc2OC)C1=O.COCCN1CC/C(=C/c2ccccc2OC[C@@H](O)CN2CCC(c3ccc4ccccc4c3)CC2)C1=O.COc1ccc2cc(C3CCN(C[C@H](O)COc4ccccc4/C=C4\CCOC4=O)CC3)ccc2c1.O=C1COC/C1=C/c1ccccc1OC[C@@H](O)CN1CCC(c2ccc3ccccc3c2)CC1. The van der Waals surface area contributed by atoms with Crippen molar-refractivity contribution in [3.05, 3.63) is 280 Å². The van der Waals surface area contributed by atoms with Crippen molar-refractivity contribution >= 4 is 80.2 Å². The first-order valence-electron chi connectivity index (χ1n) is 44.8. The van der Waals surface area contributed by atoms with E-state index in [1.807, 2.05) is 137 Å². The van der Waals surface area contributed by atoms with E-state index in [4.69, 9.17) is 42.6 Å². The van der Waals surface area contributed by atoms with Gasteiger partial charge in [0.1, 0.15) is 73.5 Å². The lowest BCUT2D eigenvalue weighted by Gasteiger charge is -2.33. The summed E-state index contributed by atoms with van der Waals surface area (Å²) in [7, 11) is 6.62. The Kier molecular flexibility index (Phi) is 33.6. The normalized spacial score (nSPS) is 18.9. The van der Waals surface area contributed by atoms with Gasteiger partial charge < -0.3 is 82.5 Å². The Morgan fingerprint density at radius 1 is 0.370 bits per heavy atom. The number of Topliss-reactive ketones (excluding diaryl/α,β-unsaturated/α-hetero) is 1. The lowest BCUT2D eigenvalue weighted by atomic mass is 9.88. The summed E-state index contributed by atoms with van der Waals surface area (Å²) in [5.41, 5.74) is 10.6. The number of aliphatic hydroxyl groups is 3. The average Bonchev–Trinajstić information content (AvgIpc) is 1.66. The minimum atomic E-state index is -0.589. The van der Waals surface area contributed by atoms with Crippen LogP contribution in [0.3, 0.4) is 0 Å². The number of fused-ring (bicyclic) bond motifs is 3. The maximum absolute atomic E-state index is 12.7. The molecular weight excluding hydrogens is 1600 g/mol. The average molecular weight is 1720 g/mol. The van der Waals surface area contributed by atoms with E-state index in [1.165, 1.54) is 49.0 Å². The van der Waals surface area contributed by atoms with Crippen molar-refractivity contribution in [1.29, 1.82) is 0 Å². The van der Waals surface area contributed by atoms with Crippen LogP contribution >= 0.6 is 0 Å². The molecule has 127 heavy (non-hydrogen) atoms. The summed E-state index contributed by atoms with van der Waals surface area (Å²) in [6.07, 6.45) is 14.4. The van der Waals surface area contributed by atoms with Gasteiger partial charge in [-0.2, -0.15) is 0 Å². The zero-order valence-corrected chi connectivity index (χ0v) is 73.7. The molecule has 17 rings (SSSR count). The summed E-state index contributed by atoms with van der Waals surface area (Å²) in [6.45, 7) is 13.0. The van der Waals surface area contributed by atoms with Gasteiger partial charge in [-0.25, -0.2) is 4.79 Å². The van der Waals surface area contributed by atoms with E-state index in [0.29, 0.717) is 125 Å². The Morgan fingerprint density at radius 3 is 1.11 bits per heavy atom. The van der Waals surface area contributed by atoms with Gasteiger partial charge >= 0.3 is 5.97 Å². The maximum Gasteiger partial charge on any atom is 0.334 e. The largest absolute Gasteiger partial charge is 0.497 e. The molecule has 0 saturated carbocycles. The number of likely N-dealkylation sites (tertiary alicyclic amines) is 5. The number of aliphatic hydroxyl groups excluding tert-OH is 3. The van der Waals surface area contributed by atoms with Crippen LogP contribution in [0.2, 0.25) is 0 Å². The number of benzene rings is 10. The highest BCUT2D eigenvalue weighted by molar-refractivity contribution is 6.03. The van der Waals surface area contributed by atoms with Crippen LogP contribution in [0.1, 0.15) is 114 Å². The number of nitrogens with zero attached hydrogens (tertiary/aromatic N) is 5. The van der Waals surface area contributed by atoms with Crippen molar-refractivity contribution in [2.75, 3.05) is 166 Å². The minimum absolute atomic E-state index is 0.0157. The van der Waals surface area contributed by atoms with Gasteiger partial charge in [0.25, 0.3) is 0 Å². The van der Waals surface area contributed by atoms with Gasteiger partial charge in [-0.1, -0.05) is 182 Å². The van der Waals surface area contributed by atoms with Gasteiger partial charge in [-0.15, -0.1) is 0 Å². The van der Waals surface area contributed by atoms with Crippen molar-refractivity contribution < 1.29 is 77.1 Å². The van der Waals surface area contributed by atoms with Crippen LogP contribution in [0.5, 0.6) is 28.7 Å². The molecule has 3 atom stereocenters. The standard InChI is InChI=1S/C32H38N2O4.C30H33NO5.C29H31NO4.C15H19NO3/c1-37-19-18-34-17-14-29(32(34)36)21-28-8-4-5-9-31(28)38-23-30(35)22-33-15-12-25(13-16-33)27-11-10-24-6-2-3-7-26(24)20-27;1-34-28-9-8-23-16-22(6-7-24(23)18-28)21-10-13-31(14-11-21)19-27(32)20-36-29-5-3-2-4-25(29)17-26-12-15-35-30(26)33;31-27(19-34-29-8-4-3-7-25(29)16-26-18-33-20-28(26)32)17-30-13-11-22(12-14-30)24-10-9-21-5-1-2-6-23(21)15-24;1-18-10-9-16-8-7-13(15(16)17)11-12-5-3-4-6-14(12)19-2/h2-11,20-21,25,30,35H,12-19,22-23H2,1H3;2-9,16-18,21,27,32H,10-15,19-20H2,1H3;1-10,15-16,22,27,31H,11-14,17-20H2;3-6,11H,7-10H2,1-2H3/b29-21-;26-17+;26-16-;13-11-/t30-;2*27-;/m000./s1. The molecule has 7 aliphatic heterocycles. The summed E-state index contributed by atoms with van der Waals surface area (Å²) in [6, 6.07) is 74.2. The number of carbonyl (C=O) groups excluding carboxylic acids is 4. The molecule has 0 spiro atoms. The number of cyclic esters (lactones) is 1. The predicted molar refractivity (Wildman–Crippen MR) is 500 cm³/mol. The van der Waals surface area contributed by atoms with E-state index in [0.717, 1.165) is 136 Å². The van der Waals surface area contributed by atoms with Crippen molar-refractivity contribution in [2.45, 2.75) is 93.9 Å². The molecule has 0 bridgehead atoms. The summed E-state index contributed by atoms with van der Waals surface area (Å²) in [4.78, 5) is 59.2. The van der Waals surface area contributed by atoms with Crippen LogP contribution < -0.4 is 23.7 Å². The molecular formula is C106H121N5O16. The Morgan fingerprint density at radius 2 is 0.724 bits per heavy atom. The quantitative estimate of drug-likeness (QED) is 0.0281. The third-order valence-corrected chi connectivity index (χ3v) is 25.0. The molecule has 2 amide bonds. The van der Waals surface area contributed by atoms with E-state index in [9.17, 15) is 34.5 Å². The van der Waals surface area contributed by atoms with Crippen molar-refractivity contribution in [1.82, 2.24) is 24.5 Å². The number of rotatable bonds is 30. The van der Waals surface area contributed by atoms with E-state index in [-0.39, 0.29) is 50.0 Å². The molecule has 7 fully saturated rings. The summed E-state index contributed by atoms with van der Waals surface area (Å²) >= 11 is 0. The Labute approximate surface area is 746 Å². The van der Waals surface area contributed by atoms with Crippen molar-refractivity contribution in [2.24, 2.45) is 0 Å². The number of β-amino-alcohol motifs (C(OH)–C–C–N with tert-alkyl or cyclic N) is 3. The molecule has 7 saturated heterocycles. The molecule has 7 aliphatic rings. The first-order chi connectivity index (χ1) is 62.1. The minimum Gasteiger partial charge on any atom is -0.497 e. The number of esters is 1. The monoisotopic (exact) mass is 1720 g/mol. The Hall–Kier alpha value is -11.3. The highest BCUT2D eigenvalue weighted by Gasteiger charge is 2.31. The van der Waals surface area contributed by atoms with E-state index in [2.05, 4.69) is 130 Å². The molecule has 0 radical (unpaired) electrons. The summed E-state index contributed by atoms with van der Waals surface area (Å²) in [5, 5.41) is 39.6. The fourth-order valence-electron chi connectivity index (χ4n) is 17.8. The number of carbonyl (C=O) groups is 4. The lowest BCUT2D eigenvalue weighted by Crippen LogP contribution is -2.40. The highest BCUT2D eigenvalue weighted by Crippen LogP contribution is 2.37. The molecule has 0 unspecified atom stereocenters. The van der Waals surface area contributed by atoms with Crippen LogP contribution in [0, 0.1) is 0 Å². The predicted octanol–water partition coefficient (Wildman–Crippen LogP) is 15.9. The zero-order valence-electron chi connectivity index (χ0n) is 73.7. The molecule has 0 aliphatic carbocycles. The number of piperidine rings is 3. The van der Waals surface area contributed by atoms with Gasteiger partial charge in [0.05, 0.1) is 40.6 Å². The topological polar surface area (TPSA) is 228 Å². The second-order valence-corrected chi connectivity index (χ2v) is 33.7. The maximum atomic E-state index is 12.7. The number of hydrogen-bond donors (Lipinski definition) is 3. The fourth-order valence-corrected chi connectivity index (χ4v) is 17.8. The second kappa shape index (κ2) is 46.4. The van der Waals surface area contributed by atoms with Crippen LogP contribution in [-0.4, -0.2) is 248 Å². The van der Waals surface area contributed by atoms with E-state index >= 15 is 0 Å². The van der Waals surface area contributed by atoms with Gasteiger partial charge in [0.2, 0.25) is 11.8 Å². The van der Waals surface area contributed by atoms with E-state index < -0.39 is 18.3 Å². The molecule has 666 valence electrons. The first-order valence-corrected chi connectivity index (χ1v) is 44.8. The zero-order chi connectivity index (χ0) is 88.2. The molecule has 7 heterocycles. The van der Waals surface area contributed by atoms with Crippen LogP contribution in [0.15, 0.2) is 241 Å². The summed E-state index contributed by atoms with van der Waals surface area (Å²) in [5.74, 6) is 5.26. The lowest BCUT2D eigenvalue weighted by molar-refractivity contribution is -0.135. The van der Waals surface area contributed by atoms with Gasteiger partial charge in [-0.3, -0.25) is 14.4 Å². The Balaban J connectivity index is 0.000000140. The molecule has 10 aromatic carbocycles. The number of methoxy groups -OCH3 is 4. The number of para-hydroxylation sites is 4.